The number of nitro groups is 1. The van der Waals surface area contributed by atoms with Gasteiger partial charge < -0.3 is 5.73 Å². The number of nitrogens with zero attached hydrogens (tertiary/aromatic N) is 2. The van der Waals surface area contributed by atoms with Gasteiger partial charge in [0.25, 0.3) is 11.6 Å². The van der Waals surface area contributed by atoms with Crippen LogP contribution in [0.5, 0.6) is 0 Å². The van der Waals surface area contributed by atoms with Crippen LogP contribution in [-0.2, 0) is 0 Å². The number of primary amides is 1. The average Bonchev–Trinajstić information content (AvgIpc) is 2.38. The molecule has 1 heterocycles. The number of hydrogen-bond acceptors (Lipinski definition) is 4. The summed E-state index contributed by atoms with van der Waals surface area (Å²) in [5.74, 6) is -0.719. The number of amides is 1. The molecule has 0 unspecified atom stereocenters. The highest BCUT2D eigenvalue weighted by molar-refractivity contribution is 5.98. The zero-order valence-corrected chi connectivity index (χ0v) is 9.24. The molecule has 2 aromatic rings. The van der Waals surface area contributed by atoms with Gasteiger partial charge in [-0.25, -0.2) is 0 Å². The Morgan fingerprint density at radius 3 is 2.50 bits per heavy atom. The number of nitrogens with two attached hydrogens (primary N) is 1. The van der Waals surface area contributed by atoms with Gasteiger partial charge in [0.2, 0.25) is 0 Å². The average molecular weight is 243 g/mol. The Morgan fingerprint density at radius 1 is 1.17 bits per heavy atom. The van der Waals surface area contributed by atoms with Gasteiger partial charge in [-0.05, 0) is 12.1 Å². The standard InChI is InChI=1S/C12H9N3O3/c13-12(16)11-9(5-3-7-14-11)8-4-1-2-6-10(8)15(17)18/h1-7H,(H2,13,16). The van der Waals surface area contributed by atoms with E-state index in [0.717, 1.165) is 0 Å². The lowest BCUT2D eigenvalue weighted by Gasteiger charge is -2.06. The summed E-state index contributed by atoms with van der Waals surface area (Å²) >= 11 is 0. The molecule has 0 aliphatic rings. The largest absolute Gasteiger partial charge is 0.364 e. The van der Waals surface area contributed by atoms with E-state index >= 15 is 0 Å². The van der Waals surface area contributed by atoms with Crippen molar-refractivity contribution in [3.05, 3.63) is 58.4 Å². The topological polar surface area (TPSA) is 99.1 Å². The normalized spacial score (nSPS) is 10.0. The number of hydrogen-bond donors (Lipinski definition) is 1. The van der Waals surface area contributed by atoms with Gasteiger partial charge >= 0.3 is 0 Å². The third-order valence-electron chi connectivity index (χ3n) is 2.43. The zero-order valence-electron chi connectivity index (χ0n) is 9.24. The minimum atomic E-state index is -0.719. The Kier molecular flexibility index (Phi) is 3.01. The molecule has 90 valence electrons. The van der Waals surface area contributed by atoms with Crippen molar-refractivity contribution < 1.29 is 9.72 Å². The van der Waals surface area contributed by atoms with E-state index in [2.05, 4.69) is 4.98 Å². The van der Waals surface area contributed by atoms with Crippen molar-refractivity contribution in [3.63, 3.8) is 0 Å². The number of benzene rings is 1. The molecule has 0 bridgehead atoms. The molecule has 0 aliphatic carbocycles. The van der Waals surface area contributed by atoms with Crippen molar-refractivity contribution in [2.45, 2.75) is 0 Å². The van der Waals surface area contributed by atoms with Crippen LogP contribution in [0.4, 0.5) is 5.69 Å². The molecule has 0 spiro atoms. The fourth-order valence-electron chi connectivity index (χ4n) is 1.68. The third-order valence-corrected chi connectivity index (χ3v) is 2.43. The predicted octanol–water partition coefficient (Wildman–Crippen LogP) is 1.76. The van der Waals surface area contributed by atoms with Crippen LogP contribution >= 0.6 is 0 Å². The highest BCUT2D eigenvalue weighted by Crippen LogP contribution is 2.30. The molecule has 0 atom stereocenters. The molecule has 0 saturated heterocycles. The summed E-state index contributed by atoms with van der Waals surface area (Å²) < 4.78 is 0. The molecule has 0 saturated carbocycles. The van der Waals surface area contributed by atoms with Crippen LogP contribution in [0.1, 0.15) is 10.5 Å². The van der Waals surface area contributed by atoms with Crippen LogP contribution in [-0.4, -0.2) is 15.8 Å². The molecule has 1 aromatic carbocycles. The molecule has 0 radical (unpaired) electrons. The summed E-state index contributed by atoms with van der Waals surface area (Å²) in [6, 6.07) is 9.31. The van der Waals surface area contributed by atoms with E-state index in [1.807, 2.05) is 0 Å². The Hall–Kier alpha value is -2.76. The summed E-state index contributed by atoms with van der Waals surface area (Å²) in [4.78, 5) is 25.6. The summed E-state index contributed by atoms with van der Waals surface area (Å²) in [5, 5.41) is 10.9. The second-order valence-electron chi connectivity index (χ2n) is 3.54. The Balaban J connectivity index is 2.70. The summed E-state index contributed by atoms with van der Waals surface area (Å²) in [5.41, 5.74) is 5.82. The first-order valence-corrected chi connectivity index (χ1v) is 5.10. The van der Waals surface area contributed by atoms with Crippen LogP contribution in [0.3, 0.4) is 0 Å². The molecule has 1 aromatic heterocycles. The maximum Gasteiger partial charge on any atom is 0.277 e. The minimum Gasteiger partial charge on any atom is -0.364 e. The molecule has 6 nitrogen and oxygen atoms in total. The van der Waals surface area contributed by atoms with E-state index in [9.17, 15) is 14.9 Å². The highest BCUT2D eigenvalue weighted by Gasteiger charge is 2.19. The van der Waals surface area contributed by atoms with Gasteiger partial charge in [-0.3, -0.25) is 19.9 Å². The Labute approximate surface area is 102 Å². The molecule has 0 aliphatic heterocycles. The van der Waals surface area contributed by atoms with Crippen molar-refractivity contribution in [2.75, 3.05) is 0 Å². The second-order valence-corrected chi connectivity index (χ2v) is 3.54. The fraction of sp³-hybridized carbons (Fsp3) is 0. The summed E-state index contributed by atoms with van der Waals surface area (Å²) in [6.45, 7) is 0. The van der Waals surface area contributed by atoms with E-state index in [1.54, 1.807) is 30.3 Å². The molecule has 6 heteroatoms. The number of carbonyl (C=O) groups excluding carboxylic acids is 1. The SMILES string of the molecule is NC(=O)c1ncccc1-c1ccccc1[N+](=O)[O-]. The van der Waals surface area contributed by atoms with Crippen LogP contribution in [0, 0.1) is 10.1 Å². The van der Waals surface area contributed by atoms with Crippen molar-refractivity contribution in [1.82, 2.24) is 4.98 Å². The van der Waals surface area contributed by atoms with Crippen molar-refractivity contribution in [2.24, 2.45) is 5.73 Å². The minimum absolute atomic E-state index is 0.0202. The van der Waals surface area contributed by atoms with Crippen LogP contribution < -0.4 is 5.73 Å². The van der Waals surface area contributed by atoms with Gasteiger partial charge in [0.05, 0.1) is 10.5 Å². The Morgan fingerprint density at radius 2 is 1.83 bits per heavy atom. The van der Waals surface area contributed by atoms with Gasteiger partial charge in [0, 0.05) is 17.8 Å². The van der Waals surface area contributed by atoms with E-state index < -0.39 is 10.8 Å². The van der Waals surface area contributed by atoms with Gasteiger partial charge in [-0.1, -0.05) is 18.2 Å². The van der Waals surface area contributed by atoms with Crippen molar-refractivity contribution >= 4 is 11.6 Å². The zero-order chi connectivity index (χ0) is 13.1. The lowest BCUT2D eigenvalue weighted by Crippen LogP contribution is -2.14. The summed E-state index contributed by atoms with van der Waals surface area (Å²) in [6.07, 6.45) is 1.42. The lowest BCUT2D eigenvalue weighted by atomic mass is 10.0. The van der Waals surface area contributed by atoms with Gasteiger partial charge in [-0.15, -0.1) is 0 Å². The number of carbonyl (C=O) groups is 1. The molecule has 18 heavy (non-hydrogen) atoms. The summed E-state index contributed by atoms with van der Waals surface area (Å²) in [7, 11) is 0. The van der Waals surface area contributed by atoms with Gasteiger partial charge in [0.15, 0.2) is 0 Å². The first-order valence-electron chi connectivity index (χ1n) is 5.10. The van der Waals surface area contributed by atoms with E-state index in [0.29, 0.717) is 11.1 Å². The van der Waals surface area contributed by atoms with Crippen LogP contribution in [0.15, 0.2) is 42.6 Å². The first-order chi connectivity index (χ1) is 8.61. The van der Waals surface area contributed by atoms with Crippen LogP contribution in [0.2, 0.25) is 0 Å². The number of nitro benzene ring substituents is 1. The molecular weight excluding hydrogens is 234 g/mol. The fourth-order valence-corrected chi connectivity index (χ4v) is 1.68. The monoisotopic (exact) mass is 243 g/mol. The first kappa shape index (κ1) is 11.7. The molecular formula is C12H9N3O3. The maximum atomic E-state index is 11.3. The predicted molar refractivity (Wildman–Crippen MR) is 64.8 cm³/mol. The van der Waals surface area contributed by atoms with E-state index in [4.69, 9.17) is 5.73 Å². The maximum absolute atomic E-state index is 11.3. The van der Waals surface area contributed by atoms with E-state index in [-0.39, 0.29) is 11.4 Å². The Bertz CT molecular complexity index is 570. The lowest BCUT2D eigenvalue weighted by molar-refractivity contribution is -0.384. The molecule has 2 N–H and O–H groups in total. The van der Waals surface area contributed by atoms with Crippen molar-refractivity contribution in [1.29, 1.82) is 0 Å². The third kappa shape index (κ3) is 2.03. The number of pyridine rings is 1. The molecule has 0 fully saturated rings. The number of para-hydroxylation sites is 1. The number of rotatable bonds is 3. The second kappa shape index (κ2) is 4.62. The molecule has 2 rings (SSSR count). The molecule has 1 amide bonds. The highest BCUT2D eigenvalue weighted by atomic mass is 16.6. The smallest absolute Gasteiger partial charge is 0.277 e. The quantitative estimate of drug-likeness (QED) is 0.655. The van der Waals surface area contributed by atoms with Crippen LogP contribution in [0.25, 0.3) is 11.1 Å². The van der Waals surface area contributed by atoms with Gasteiger partial charge in [-0.2, -0.15) is 0 Å². The van der Waals surface area contributed by atoms with E-state index in [1.165, 1.54) is 12.3 Å². The number of aromatic nitrogens is 1. The van der Waals surface area contributed by atoms with Crippen molar-refractivity contribution in [3.8, 4) is 11.1 Å². The van der Waals surface area contributed by atoms with Gasteiger partial charge in [0.1, 0.15) is 5.69 Å².